The fourth-order valence-corrected chi connectivity index (χ4v) is 5.33. The van der Waals surface area contributed by atoms with Gasteiger partial charge in [-0.1, -0.05) is 72.3 Å². The van der Waals surface area contributed by atoms with Gasteiger partial charge in [-0.2, -0.15) is 0 Å². The topological polar surface area (TPSA) is 7.68 Å². The van der Waals surface area contributed by atoms with Gasteiger partial charge in [0.2, 0.25) is 0 Å². The minimum absolute atomic E-state index is 0.816. The molecule has 5 aromatic carbocycles. The van der Waals surface area contributed by atoms with Gasteiger partial charge in [-0.25, -0.2) is 0 Å². The number of hydrogen-bond acceptors (Lipinski definition) is 1. The fourth-order valence-electron chi connectivity index (χ4n) is 5.15. The molecular formula is C27H24ClN2+. The fraction of sp³-hybridized carbons (Fsp3) is 0.185. The Kier molecular flexibility index (Phi) is 4.29. The van der Waals surface area contributed by atoms with Gasteiger partial charge in [0.25, 0.3) is 0 Å². The molecule has 3 heteroatoms. The highest BCUT2D eigenvalue weighted by Gasteiger charge is 2.22. The maximum absolute atomic E-state index is 6.19. The number of piperazine rings is 1. The van der Waals surface area contributed by atoms with E-state index in [1.54, 1.807) is 4.90 Å². The molecule has 1 aliphatic rings. The Balaban J connectivity index is 1.29. The van der Waals surface area contributed by atoms with Crippen LogP contribution < -0.4 is 9.80 Å². The van der Waals surface area contributed by atoms with Crippen molar-refractivity contribution in [1.29, 1.82) is 0 Å². The standard InChI is InChI=1S/C27H23ClN2/c28-23-5-2-6-24(17-23)30-15-13-29(14-16-30)18-22-10-9-21-8-7-19-3-1-4-20-11-12-25(22)27(21)26(19)20/h1-12,17H,13-16,18H2/p+1. The zero-order chi connectivity index (χ0) is 20.1. The van der Waals surface area contributed by atoms with Crippen molar-refractivity contribution >= 4 is 49.6 Å². The smallest absolute Gasteiger partial charge is 0.104 e. The minimum Gasteiger partial charge on any atom is -0.360 e. The molecule has 6 rings (SSSR count). The molecule has 0 bridgehead atoms. The predicted octanol–water partition coefficient (Wildman–Crippen LogP) is 5.14. The molecule has 0 saturated carbocycles. The summed E-state index contributed by atoms with van der Waals surface area (Å²) in [5.74, 6) is 0. The first kappa shape index (κ1) is 18.0. The van der Waals surface area contributed by atoms with Gasteiger partial charge in [-0.15, -0.1) is 0 Å². The van der Waals surface area contributed by atoms with Crippen molar-refractivity contribution in [2.75, 3.05) is 31.1 Å². The summed E-state index contributed by atoms with van der Waals surface area (Å²) in [6.07, 6.45) is 0. The monoisotopic (exact) mass is 411 g/mol. The van der Waals surface area contributed by atoms with E-state index in [4.69, 9.17) is 11.6 Å². The third-order valence-electron chi connectivity index (χ3n) is 6.70. The number of rotatable bonds is 3. The Labute approximate surface area is 181 Å². The predicted molar refractivity (Wildman–Crippen MR) is 128 cm³/mol. The number of halogens is 1. The Bertz CT molecular complexity index is 1340. The lowest BCUT2D eigenvalue weighted by atomic mass is 9.92. The number of hydrogen-bond donors (Lipinski definition) is 1. The van der Waals surface area contributed by atoms with E-state index in [9.17, 15) is 0 Å². The molecule has 0 radical (unpaired) electrons. The van der Waals surface area contributed by atoms with Crippen LogP contribution >= 0.6 is 11.6 Å². The zero-order valence-corrected chi connectivity index (χ0v) is 17.6. The first-order chi connectivity index (χ1) is 14.8. The SMILES string of the molecule is Clc1cccc(N2CC[NH+](Cc3ccc4ccc5cccc6ccc3c4c56)CC2)c1. The lowest BCUT2D eigenvalue weighted by molar-refractivity contribution is -0.914. The van der Waals surface area contributed by atoms with E-state index in [0.717, 1.165) is 37.7 Å². The summed E-state index contributed by atoms with van der Waals surface area (Å²) in [5, 5.41) is 9.10. The highest BCUT2D eigenvalue weighted by atomic mass is 35.5. The molecule has 1 fully saturated rings. The maximum Gasteiger partial charge on any atom is 0.104 e. The van der Waals surface area contributed by atoms with Gasteiger partial charge in [0.05, 0.1) is 26.2 Å². The van der Waals surface area contributed by atoms with E-state index >= 15 is 0 Å². The summed E-state index contributed by atoms with van der Waals surface area (Å²) < 4.78 is 0. The summed E-state index contributed by atoms with van der Waals surface area (Å²) >= 11 is 6.19. The molecule has 1 aliphatic heterocycles. The van der Waals surface area contributed by atoms with Gasteiger partial charge in [-0.05, 0) is 50.5 Å². The Morgan fingerprint density at radius 1 is 0.733 bits per heavy atom. The first-order valence-electron chi connectivity index (χ1n) is 10.8. The van der Waals surface area contributed by atoms with E-state index in [1.807, 2.05) is 12.1 Å². The second-order valence-corrected chi connectivity index (χ2v) is 8.91. The largest absolute Gasteiger partial charge is 0.360 e. The summed E-state index contributed by atoms with van der Waals surface area (Å²) in [5.41, 5.74) is 2.70. The van der Waals surface area contributed by atoms with Crippen molar-refractivity contribution < 1.29 is 4.90 Å². The number of nitrogens with one attached hydrogen (secondary N) is 1. The third kappa shape index (κ3) is 2.99. The van der Waals surface area contributed by atoms with Crippen molar-refractivity contribution in [3.05, 3.63) is 89.4 Å². The van der Waals surface area contributed by atoms with Crippen LogP contribution in [-0.2, 0) is 6.54 Å². The van der Waals surface area contributed by atoms with Crippen LogP contribution in [0.3, 0.4) is 0 Å². The van der Waals surface area contributed by atoms with Crippen LogP contribution in [0.5, 0.6) is 0 Å². The van der Waals surface area contributed by atoms with Gasteiger partial charge >= 0.3 is 0 Å². The second kappa shape index (κ2) is 7.16. The van der Waals surface area contributed by atoms with Crippen LogP contribution in [0.15, 0.2) is 78.9 Å². The van der Waals surface area contributed by atoms with Gasteiger partial charge < -0.3 is 9.80 Å². The van der Waals surface area contributed by atoms with Crippen LogP contribution in [0.4, 0.5) is 5.69 Å². The molecule has 0 atom stereocenters. The quantitative estimate of drug-likeness (QED) is 0.404. The van der Waals surface area contributed by atoms with E-state index < -0.39 is 0 Å². The Morgan fingerprint density at radius 3 is 2.17 bits per heavy atom. The summed E-state index contributed by atoms with van der Waals surface area (Å²) in [6, 6.07) is 28.7. The highest BCUT2D eigenvalue weighted by Crippen LogP contribution is 2.35. The van der Waals surface area contributed by atoms with Gasteiger partial charge in [-0.3, -0.25) is 0 Å². The number of quaternary nitrogens is 1. The molecule has 0 amide bonds. The van der Waals surface area contributed by atoms with E-state index in [0.29, 0.717) is 0 Å². The highest BCUT2D eigenvalue weighted by molar-refractivity contribution is 6.30. The van der Waals surface area contributed by atoms with Gasteiger partial charge in [0, 0.05) is 16.3 Å². The lowest BCUT2D eigenvalue weighted by Gasteiger charge is -2.34. The molecular weight excluding hydrogens is 388 g/mol. The molecule has 1 N–H and O–H groups in total. The second-order valence-electron chi connectivity index (χ2n) is 8.47. The van der Waals surface area contributed by atoms with Crippen molar-refractivity contribution in [1.82, 2.24) is 0 Å². The molecule has 0 unspecified atom stereocenters. The normalized spacial score (nSPS) is 15.6. The number of benzene rings is 5. The first-order valence-corrected chi connectivity index (χ1v) is 11.1. The summed E-state index contributed by atoms with van der Waals surface area (Å²) in [4.78, 5) is 4.11. The van der Waals surface area contributed by atoms with Crippen molar-refractivity contribution in [2.24, 2.45) is 0 Å². The third-order valence-corrected chi connectivity index (χ3v) is 6.94. The average Bonchev–Trinajstić information content (AvgIpc) is 2.79. The molecule has 148 valence electrons. The van der Waals surface area contributed by atoms with Crippen LogP contribution in [0.2, 0.25) is 5.02 Å². The molecule has 0 spiro atoms. The number of nitrogens with zero attached hydrogens (tertiary/aromatic N) is 1. The Hall–Kier alpha value is -2.81. The molecule has 0 aliphatic carbocycles. The van der Waals surface area contributed by atoms with Crippen LogP contribution in [0.25, 0.3) is 32.3 Å². The molecule has 30 heavy (non-hydrogen) atoms. The summed E-state index contributed by atoms with van der Waals surface area (Å²) in [6.45, 7) is 5.52. The molecule has 5 aromatic rings. The van der Waals surface area contributed by atoms with Crippen LogP contribution in [0.1, 0.15) is 5.56 Å². The van der Waals surface area contributed by atoms with Crippen LogP contribution in [-0.4, -0.2) is 26.2 Å². The van der Waals surface area contributed by atoms with E-state index in [2.05, 4.69) is 71.6 Å². The summed E-state index contributed by atoms with van der Waals surface area (Å²) in [7, 11) is 0. The average molecular weight is 412 g/mol. The molecule has 0 aromatic heterocycles. The van der Waals surface area contributed by atoms with Crippen molar-refractivity contribution in [3.63, 3.8) is 0 Å². The van der Waals surface area contributed by atoms with Gasteiger partial charge in [0.1, 0.15) is 6.54 Å². The van der Waals surface area contributed by atoms with E-state index in [1.165, 1.54) is 43.6 Å². The van der Waals surface area contributed by atoms with E-state index in [-0.39, 0.29) is 0 Å². The number of anilines is 1. The Morgan fingerprint density at radius 2 is 1.40 bits per heavy atom. The van der Waals surface area contributed by atoms with Crippen molar-refractivity contribution in [3.8, 4) is 0 Å². The maximum atomic E-state index is 6.19. The van der Waals surface area contributed by atoms with Gasteiger partial charge in [0.15, 0.2) is 0 Å². The molecule has 1 saturated heterocycles. The molecule has 1 heterocycles. The zero-order valence-electron chi connectivity index (χ0n) is 16.9. The lowest BCUT2D eigenvalue weighted by Crippen LogP contribution is -3.13. The minimum atomic E-state index is 0.816. The van der Waals surface area contributed by atoms with Crippen LogP contribution in [0, 0.1) is 0 Å². The van der Waals surface area contributed by atoms with Crippen molar-refractivity contribution in [2.45, 2.75) is 6.54 Å². The molecule has 2 nitrogen and oxygen atoms in total.